The molecule has 1 aromatic heterocycles. The van der Waals surface area contributed by atoms with Crippen molar-refractivity contribution < 1.29 is 4.74 Å². The SMILES string of the molecule is Cc1ncncc1C(C)NC1CCOC2(CCCCC2)C1. The Kier molecular flexibility index (Phi) is 4.55. The zero-order chi connectivity index (χ0) is 14.7. The number of ether oxygens (including phenoxy) is 1. The van der Waals surface area contributed by atoms with Gasteiger partial charge in [0, 0.05) is 36.1 Å². The van der Waals surface area contributed by atoms with Crippen molar-refractivity contribution in [3.63, 3.8) is 0 Å². The Morgan fingerprint density at radius 1 is 1.33 bits per heavy atom. The van der Waals surface area contributed by atoms with Gasteiger partial charge in [0.2, 0.25) is 0 Å². The lowest BCUT2D eigenvalue weighted by Gasteiger charge is -2.44. The molecule has 1 N–H and O–H groups in total. The molecule has 1 spiro atoms. The first-order valence-electron chi connectivity index (χ1n) is 8.35. The summed E-state index contributed by atoms with van der Waals surface area (Å²) in [5.74, 6) is 0. The van der Waals surface area contributed by atoms with E-state index in [4.69, 9.17) is 4.74 Å². The van der Waals surface area contributed by atoms with Crippen LogP contribution in [0.3, 0.4) is 0 Å². The maximum atomic E-state index is 6.18. The van der Waals surface area contributed by atoms with Crippen molar-refractivity contribution in [1.82, 2.24) is 15.3 Å². The summed E-state index contributed by atoms with van der Waals surface area (Å²) < 4.78 is 6.18. The van der Waals surface area contributed by atoms with Crippen LogP contribution in [0.4, 0.5) is 0 Å². The Morgan fingerprint density at radius 2 is 2.14 bits per heavy atom. The van der Waals surface area contributed by atoms with Gasteiger partial charge in [0.15, 0.2) is 0 Å². The number of rotatable bonds is 3. The molecule has 2 heterocycles. The number of aromatic nitrogens is 2. The normalized spacial score (nSPS) is 26.7. The second-order valence-corrected chi connectivity index (χ2v) is 6.73. The molecule has 0 aromatic carbocycles. The summed E-state index contributed by atoms with van der Waals surface area (Å²) in [5, 5.41) is 3.79. The molecule has 2 unspecified atom stereocenters. The standard InChI is InChI=1S/C17H27N3O/c1-13-16(11-18-12-19-13)14(2)20-15-6-9-21-17(10-15)7-4-3-5-8-17/h11-12,14-15,20H,3-10H2,1-2H3. The van der Waals surface area contributed by atoms with Gasteiger partial charge in [-0.05, 0) is 39.5 Å². The molecule has 2 fully saturated rings. The van der Waals surface area contributed by atoms with Crippen LogP contribution < -0.4 is 5.32 Å². The van der Waals surface area contributed by atoms with E-state index in [1.807, 2.05) is 6.20 Å². The van der Waals surface area contributed by atoms with E-state index in [0.29, 0.717) is 12.1 Å². The summed E-state index contributed by atoms with van der Waals surface area (Å²) in [6.07, 6.45) is 12.3. The molecule has 1 saturated carbocycles. The Hall–Kier alpha value is -1.00. The van der Waals surface area contributed by atoms with Gasteiger partial charge in [-0.1, -0.05) is 19.3 Å². The third-order valence-corrected chi connectivity index (χ3v) is 5.16. The molecule has 2 atom stereocenters. The van der Waals surface area contributed by atoms with E-state index < -0.39 is 0 Å². The summed E-state index contributed by atoms with van der Waals surface area (Å²) in [4.78, 5) is 8.47. The molecule has 4 nitrogen and oxygen atoms in total. The fourth-order valence-electron chi connectivity index (χ4n) is 3.98. The van der Waals surface area contributed by atoms with E-state index in [1.165, 1.54) is 37.7 Å². The van der Waals surface area contributed by atoms with Gasteiger partial charge in [-0.2, -0.15) is 0 Å². The minimum absolute atomic E-state index is 0.163. The Labute approximate surface area is 127 Å². The molecule has 3 rings (SSSR count). The van der Waals surface area contributed by atoms with Crippen molar-refractivity contribution >= 4 is 0 Å². The Balaban J connectivity index is 1.63. The maximum Gasteiger partial charge on any atom is 0.115 e. The highest BCUT2D eigenvalue weighted by Crippen LogP contribution is 2.39. The van der Waals surface area contributed by atoms with Crippen molar-refractivity contribution in [2.75, 3.05) is 6.61 Å². The van der Waals surface area contributed by atoms with Crippen LogP contribution in [0.5, 0.6) is 0 Å². The average Bonchev–Trinajstić information content (AvgIpc) is 2.48. The van der Waals surface area contributed by atoms with Gasteiger partial charge in [0.25, 0.3) is 0 Å². The van der Waals surface area contributed by atoms with Crippen molar-refractivity contribution in [1.29, 1.82) is 0 Å². The Morgan fingerprint density at radius 3 is 2.90 bits per heavy atom. The summed E-state index contributed by atoms with van der Waals surface area (Å²) in [7, 11) is 0. The van der Waals surface area contributed by atoms with E-state index in [-0.39, 0.29) is 5.60 Å². The second-order valence-electron chi connectivity index (χ2n) is 6.73. The van der Waals surface area contributed by atoms with Gasteiger partial charge < -0.3 is 10.1 Å². The van der Waals surface area contributed by atoms with Gasteiger partial charge in [0.1, 0.15) is 6.33 Å². The first-order chi connectivity index (χ1) is 10.2. The summed E-state index contributed by atoms with van der Waals surface area (Å²) in [6.45, 7) is 5.17. The van der Waals surface area contributed by atoms with Gasteiger partial charge in [-0.25, -0.2) is 9.97 Å². The summed E-state index contributed by atoms with van der Waals surface area (Å²) in [6, 6.07) is 0.849. The van der Waals surface area contributed by atoms with Crippen LogP contribution in [-0.2, 0) is 4.74 Å². The van der Waals surface area contributed by atoms with Gasteiger partial charge in [-0.3, -0.25) is 0 Å². The molecule has 1 saturated heterocycles. The lowest BCUT2D eigenvalue weighted by atomic mass is 9.78. The lowest BCUT2D eigenvalue weighted by Crippen LogP contribution is -2.48. The number of nitrogens with one attached hydrogen (secondary N) is 1. The minimum Gasteiger partial charge on any atom is -0.375 e. The third-order valence-electron chi connectivity index (χ3n) is 5.16. The molecule has 21 heavy (non-hydrogen) atoms. The molecular weight excluding hydrogens is 262 g/mol. The molecule has 1 aliphatic carbocycles. The number of aryl methyl sites for hydroxylation is 1. The molecule has 116 valence electrons. The maximum absolute atomic E-state index is 6.18. The molecule has 1 aliphatic heterocycles. The highest BCUT2D eigenvalue weighted by Gasteiger charge is 2.38. The average molecular weight is 289 g/mol. The van der Waals surface area contributed by atoms with Crippen LogP contribution in [-0.4, -0.2) is 28.2 Å². The molecule has 4 heteroatoms. The minimum atomic E-state index is 0.163. The molecule has 0 radical (unpaired) electrons. The lowest BCUT2D eigenvalue weighted by molar-refractivity contribution is -0.110. The Bertz CT molecular complexity index is 465. The first-order valence-corrected chi connectivity index (χ1v) is 8.35. The van der Waals surface area contributed by atoms with Crippen LogP contribution in [0.1, 0.15) is 69.2 Å². The third kappa shape index (κ3) is 3.43. The zero-order valence-corrected chi connectivity index (χ0v) is 13.3. The molecule has 2 aliphatic rings. The second kappa shape index (κ2) is 6.41. The van der Waals surface area contributed by atoms with Crippen LogP contribution in [0, 0.1) is 6.92 Å². The highest BCUT2D eigenvalue weighted by atomic mass is 16.5. The van der Waals surface area contributed by atoms with Crippen LogP contribution in [0.25, 0.3) is 0 Å². The summed E-state index contributed by atoms with van der Waals surface area (Å²) >= 11 is 0. The number of hydrogen-bond acceptors (Lipinski definition) is 4. The number of hydrogen-bond donors (Lipinski definition) is 1. The van der Waals surface area contributed by atoms with E-state index >= 15 is 0 Å². The van der Waals surface area contributed by atoms with Crippen LogP contribution >= 0.6 is 0 Å². The monoisotopic (exact) mass is 289 g/mol. The molecular formula is C17H27N3O. The zero-order valence-electron chi connectivity index (χ0n) is 13.3. The van der Waals surface area contributed by atoms with Gasteiger partial charge in [-0.15, -0.1) is 0 Å². The van der Waals surface area contributed by atoms with Gasteiger partial charge in [0.05, 0.1) is 5.60 Å². The van der Waals surface area contributed by atoms with Crippen molar-refractivity contribution in [3.05, 3.63) is 23.8 Å². The van der Waals surface area contributed by atoms with Crippen LogP contribution in [0.15, 0.2) is 12.5 Å². The fourth-order valence-corrected chi connectivity index (χ4v) is 3.98. The van der Waals surface area contributed by atoms with E-state index in [9.17, 15) is 0 Å². The topological polar surface area (TPSA) is 47.0 Å². The predicted molar refractivity (Wildman–Crippen MR) is 83.1 cm³/mol. The van der Waals surface area contributed by atoms with Crippen molar-refractivity contribution in [2.45, 2.75) is 76.5 Å². The smallest absolute Gasteiger partial charge is 0.115 e. The largest absolute Gasteiger partial charge is 0.375 e. The number of nitrogens with zero attached hydrogens (tertiary/aromatic N) is 2. The van der Waals surface area contributed by atoms with Crippen molar-refractivity contribution in [3.8, 4) is 0 Å². The van der Waals surface area contributed by atoms with E-state index in [1.54, 1.807) is 6.33 Å². The van der Waals surface area contributed by atoms with E-state index in [2.05, 4.69) is 29.1 Å². The van der Waals surface area contributed by atoms with Gasteiger partial charge >= 0.3 is 0 Å². The quantitative estimate of drug-likeness (QED) is 0.927. The van der Waals surface area contributed by atoms with Crippen LogP contribution in [0.2, 0.25) is 0 Å². The molecule has 0 amide bonds. The fraction of sp³-hybridized carbons (Fsp3) is 0.765. The summed E-state index contributed by atoms with van der Waals surface area (Å²) in [5.41, 5.74) is 2.45. The molecule has 1 aromatic rings. The molecule has 0 bridgehead atoms. The highest BCUT2D eigenvalue weighted by molar-refractivity contribution is 5.18. The predicted octanol–water partition coefficient (Wildman–Crippen LogP) is 3.32. The first kappa shape index (κ1) is 14.9. The van der Waals surface area contributed by atoms with E-state index in [0.717, 1.165) is 25.1 Å². The van der Waals surface area contributed by atoms with Crippen molar-refractivity contribution in [2.24, 2.45) is 0 Å².